The zero-order valence-corrected chi connectivity index (χ0v) is 19.6. The second-order valence-corrected chi connectivity index (χ2v) is 9.45. The number of halogens is 1. The topological polar surface area (TPSA) is 97.1 Å². The quantitative estimate of drug-likeness (QED) is 0.576. The molecular weight excluding hydrogens is 416 g/mol. The molecule has 1 amide bonds. The summed E-state index contributed by atoms with van der Waals surface area (Å²) in [5.74, 6) is 0.733. The van der Waals surface area contributed by atoms with Crippen LogP contribution in [0.1, 0.15) is 53.5 Å². The van der Waals surface area contributed by atoms with Crippen molar-refractivity contribution < 1.29 is 14.3 Å². The van der Waals surface area contributed by atoms with Crippen LogP contribution in [0.2, 0.25) is 5.28 Å². The molecule has 1 heterocycles. The second kappa shape index (κ2) is 9.97. The molecule has 2 aromatic rings. The lowest BCUT2D eigenvalue weighted by molar-refractivity contribution is 0.0408. The van der Waals surface area contributed by atoms with Crippen LogP contribution >= 0.6 is 11.6 Å². The summed E-state index contributed by atoms with van der Waals surface area (Å²) in [6.07, 6.45) is 1.72. The van der Waals surface area contributed by atoms with Crippen LogP contribution in [0.25, 0.3) is 11.3 Å². The van der Waals surface area contributed by atoms with Gasteiger partial charge >= 0.3 is 6.09 Å². The molecule has 0 aliphatic rings. The van der Waals surface area contributed by atoms with Crippen molar-refractivity contribution in [2.45, 2.75) is 59.1 Å². The average molecular weight is 445 g/mol. The van der Waals surface area contributed by atoms with Gasteiger partial charge in [-0.3, -0.25) is 0 Å². The predicted molar refractivity (Wildman–Crippen MR) is 120 cm³/mol. The Kier molecular flexibility index (Phi) is 7.85. The number of benzene rings is 1. The van der Waals surface area contributed by atoms with Crippen LogP contribution in [0.15, 0.2) is 30.5 Å². The molecule has 0 saturated heterocycles. The van der Waals surface area contributed by atoms with Gasteiger partial charge in [-0.2, -0.15) is 5.26 Å². The largest absolute Gasteiger partial charge is 0.490 e. The van der Waals surface area contributed by atoms with E-state index in [0.29, 0.717) is 29.3 Å². The Labute approximate surface area is 188 Å². The normalized spacial score (nSPS) is 13.3. The van der Waals surface area contributed by atoms with E-state index in [2.05, 4.69) is 35.2 Å². The summed E-state index contributed by atoms with van der Waals surface area (Å²) in [5, 5.41) is 12.7. The van der Waals surface area contributed by atoms with Crippen LogP contribution < -0.4 is 10.1 Å². The van der Waals surface area contributed by atoms with E-state index < -0.39 is 17.2 Å². The Hall–Kier alpha value is -2.85. The molecular formula is C23H29ClN4O3. The number of carbonyl (C=O) groups excluding carboxylic acids is 1. The fourth-order valence-corrected chi connectivity index (χ4v) is 3.38. The Bertz CT molecular complexity index is 966. The van der Waals surface area contributed by atoms with Crippen LogP contribution in [0.5, 0.6) is 5.75 Å². The monoisotopic (exact) mass is 444 g/mol. The maximum atomic E-state index is 12.4. The van der Waals surface area contributed by atoms with Gasteiger partial charge in [-0.25, -0.2) is 14.8 Å². The first-order valence-corrected chi connectivity index (χ1v) is 10.5. The highest BCUT2D eigenvalue weighted by Crippen LogP contribution is 2.27. The number of nitrogens with one attached hydrogen (secondary N) is 1. The minimum atomic E-state index is -0.678. The molecule has 1 atom stereocenters. The highest BCUT2D eigenvalue weighted by atomic mass is 35.5. The molecule has 1 unspecified atom stereocenters. The Morgan fingerprint density at radius 2 is 1.97 bits per heavy atom. The van der Waals surface area contributed by atoms with E-state index in [9.17, 15) is 10.1 Å². The summed E-state index contributed by atoms with van der Waals surface area (Å²) in [4.78, 5) is 20.4. The van der Waals surface area contributed by atoms with Gasteiger partial charge in [-0.1, -0.05) is 13.8 Å². The van der Waals surface area contributed by atoms with Crippen LogP contribution in [0, 0.1) is 17.2 Å². The van der Waals surface area contributed by atoms with Crippen LogP contribution in [0.4, 0.5) is 4.79 Å². The first kappa shape index (κ1) is 24.4. The number of hydrogen-bond donors (Lipinski definition) is 1. The lowest BCUT2D eigenvalue weighted by Gasteiger charge is -2.33. The number of nitriles is 1. The predicted octanol–water partition coefficient (Wildman–Crippen LogP) is 5.38. The maximum Gasteiger partial charge on any atom is 0.408 e. The van der Waals surface area contributed by atoms with Crippen molar-refractivity contribution in [3.05, 3.63) is 41.3 Å². The molecule has 0 aliphatic heterocycles. The average Bonchev–Trinajstić information content (AvgIpc) is 2.64. The Morgan fingerprint density at radius 3 is 2.55 bits per heavy atom. The number of rotatable bonds is 7. The standard InChI is InChI=1S/C23H29ClN4O3/c1-15(2)12-23(6,28-21(29)31-22(3,4)5)14-30-19-8-7-16(11-17(19)13-25)18-9-10-26-20(24)27-18/h7-11,15H,12,14H2,1-6H3,(H,28,29). The van der Waals surface area contributed by atoms with Gasteiger partial charge < -0.3 is 14.8 Å². The number of aromatic nitrogens is 2. The number of hydrogen-bond acceptors (Lipinski definition) is 6. The molecule has 0 fully saturated rings. The van der Waals surface area contributed by atoms with Gasteiger partial charge in [-0.05, 0) is 75.9 Å². The number of alkyl carbamates (subject to hydrolysis) is 1. The van der Waals surface area contributed by atoms with E-state index in [4.69, 9.17) is 21.1 Å². The molecule has 0 radical (unpaired) electrons. The van der Waals surface area contributed by atoms with E-state index in [0.717, 1.165) is 5.56 Å². The van der Waals surface area contributed by atoms with Gasteiger partial charge in [0.2, 0.25) is 5.28 Å². The molecule has 31 heavy (non-hydrogen) atoms. The lowest BCUT2D eigenvalue weighted by atomic mass is 9.91. The van der Waals surface area contributed by atoms with Gasteiger partial charge in [0.25, 0.3) is 0 Å². The number of ether oxygens (including phenoxy) is 2. The highest BCUT2D eigenvalue weighted by Gasteiger charge is 2.31. The van der Waals surface area contributed by atoms with Crippen molar-refractivity contribution in [3.8, 4) is 23.1 Å². The number of carbonyl (C=O) groups is 1. The molecule has 0 spiro atoms. The van der Waals surface area contributed by atoms with Crippen molar-refractivity contribution in [2.24, 2.45) is 5.92 Å². The molecule has 1 aromatic carbocycles. The Morgan fingerprint density at radius 1 is 1.26 bits per heavy atom. The first-order valence-electron chi connectivity index (χ1n) is 10.1. The van der Waals surface area contributed by atoms with Crippen molar-refractivity contribution in [1.82, 2.24) is 15.3 Å². The number of amides is 1. The molecule has 2 rings (SSSR count). The lowest BCUT2D eigenvalue weighted by Crippen LogP contribution is -2.52. The SMILES string of the molecule is CC(C)CC(C)(COc1ccc(-c2ccnc(Cl)n2)cc1C#N)NC(=O)OC(C)(C)C. The third-order valence-electron chi connectivity index (χ3n) is 4.23. The van der Waals surface area contributed by atoms with E-state index in [1.54, 1.807) is 30.5 Å². The molecule has 1 aromatic heterocycles. The van der Waals surface area contributed by atoms with Crippen molar-refractivity contribution in [2.75, 3.05) is 6.61 Å². The summed E-state index contributed by atoms with van der Waals surface area (Å²) >= 11 is 5.87. The molecule has 0 bridgehead atoms. The fraction of sp³-hybridized carbons (Fsp3) is 0.478. The van der Waals surface area contributed by atoms with Crippen molar-refractivity contribution in [1.29, 1.82) is 5.26 Å². The molecule has 166 valence electrons. The third-order valence-corrected chi connectivity index (χ3v) is 4.41. The van der Waals surface area contributed by atoms with Gasteiger partial charge in [0.1, 0.15) is 24.0 Å². The minimum absolute atomic E-state index is 0.133. The molecule has 7 nitrogen and oxygen atoms in total. The fourth-order valence-electron chi connectivity index (χ4n) is 3.23. The van der Waals surface area contributed by atoms with Crippen LogP contribution in [0.3, 0.4) is 0 Å². The van der Waals surface area contributed by atoms with E-state index in [1.165, 1.54) is 0 Å². The van der Waals surface area contributed by atoms with Crippen molar-refractivity contribution >= 4 is 17.7 Å². The summed E-state index contributed by atoms with van der Waals surface area (Å²) in [6.45, 7) is 11.7. The summed E-state index contributed by atoms with van der Waals surface area (Å²) in [5.41, 5.74) is 0.417. The summed E-state index contributed by atoms with van der Waals surface area (Å²) < 4.78 is 11.4. The number of nitrogens with zero attached hydrogens (tertiary/aromatic N) is 3. The van der Waals surface area contributed by atoms with Gasteiger partial charge in [0.05, 0.1) is 16.8 Å². The second-order valence-electron chi connectivity index (χ2n) is 9.11. The molecule has 1 N–H and O–H groups in total. The van der Waals surface area contributed by atoms with Gasteiger partial charge in [0.15, 0.2) is 0 Å². The van der Waals surface area contributed by atoms with Gasteiger partial charge in [0, 0.05) is 11.8 Å². The molecule has 0 saturated carbocycles. The maximum absolute atomic E-state index is 12.4. The van der Waals surface area contributed by atoms with E-state index >= 15 is 0 Å². The molecule has 8 heteroatoms. The van der Waals surface area contributed by atoms with Crippen molar-refractivity contribution in [3.63, 3.8) is 0 Å². The third kappa shape index (κ3) is 7.72. The zero-order chi connectivity index (χ0) is 23.2. The minimum Gasteiger partial charge on any atom is -0.490 e. The van der Waals surface area contributed by atoms with E-state index in [-0.39, 0.29) is 11.9 Å². The smallest absolute Gasteiger partial charge is 0.408 e. The van der Waals surface area contributed by atoms with Crippen LogP contribution in [-0.2, 0) is 4.74 Å². The molecule has 0 aliphatic carbocycles. The first-order chi connectivity index (χ1) is 14.4. The highest BCUT2D eigenvalue weighted by molar-refractivity contribution is 6.28. The van der Waals surface area contributed by atoms with Gasteiger partial charge in [-0.15, -0.1) is 0 Å². The Balaban J connectivity index is 2.20. The van der Waals surface area contributed by atoms with Crippen LogP contribution in [-0.4, -0.2) is 33.8 Å². The zero-order valence-electron chi connectivity index (χ0n) is 18.8. The summed E-state index contributed by atoms with van der Waals surface area (Å²) in [7, 11) is 0. The van der Waals surface area contributed by atoms with E-state index in [1.807, 2.05) is 27.7 Å². The summed E-state index contributed by atoms with van der Waals surface area (Å²) in [6, 6.07) is 9.08.